The molecule has 1 fully saturated rings. The first kappa shape index (κ1) is 16.3. The minimum atomic E-state index is -0.163. The molecule has 3 nitrogen and oxygen atoms in total. The van der Waals surface area contributed by atoms with Crippen LogP contribution in [0, 0.1) is 0 Å². The molecule has 0 aromatic heterocycles. The summed E-state index contributed by atoms with van der Waals surface area (Å²) in [5.41, 5.74) is 1.22. The molecule has 21 heavy (non-hydrogen) atoms. The second kappa shape index (κ2) is 7.81. The van der Waals surface area contributed by atoms with Crippen LogP contribution in [0.1, 0.15) is 51.0 Å². The molecule has 0 amide bonds. The van der Waals surface area contributed by atoms with Crippen LogP contribution in [0.4, 0.5) is 0 Å². The molecule has 1 saturated carbocycles. The van der Waals surface area contributed by atoms with Gasteiger partial charge in [0.15, 0.2) is 0 Å². The van der Waals surface area contributed by atoms with Crippen molar-refractivity contribution in [3.05, 3.63) is 29.8 Å². The van der Waals surface area contributed by atoms with E-state index in [1.807, 2.05) is 7.05 Å². The molecular formula is C18H29NO2. The van der Waals surface area contributed by atoms with E-state index in [-0.39, 0.29) is 18.2 Å². The number of rotatable bonds is 7. The number of hydrogen-bond acceptors (Lipinski definition) is 3. The van der Waals surface area contributed by atoms with Gasteiger partial charge in [0.25, 0.3) is 0 Å². The fraction of sp³-hybridized carbons (Fsp3) is 0.667. The molecule has 2 unspecified atom stereocenters. The van der Waals surface area contributed by atoms with Crippen molar-refractivity contribution in [2.24, 2.45) is 0 Å². The Morgan fingerprint density at radius 1 is 1.33 bits per heavy atom. The Labute approximate surface area is 128 Å². The zero-order valence-electron chi connectivity index (χ0n) is 13.4. The molecule has 2 N–H and O–H groups in total. The fourth-order valence-corrected chi connectivity index (χ4v) is 3.17. The lowest BCUT2D eigenvalue weighted by atomic mass is 9.81. The van der Waals surface area contributed by atoms with E-state index in [1.165, 1.54) is 18.4 Å². The van der Waals surface area contributed by atoms with Gasteiger partial charge in [0, 0.05) is 12.0 Å². The van der Waals surface area contributed by atoms with Crippen molar-refractivity contribution in [1.29, 1.82) is 0 Å². The van der Waals surface area contributed by atoms with Crippen LogP contribution >= 0.6 is 0 Å². The van der Waals surface area contributed by atoms with Crippen LogP contribution in [0.5, 0.6) is 5.75 Å². The van der Waals surface area contributed by atoms with Gasteiger partial charge in [-0.25, -0.2) is 0 Å². The molecule has 3 heteroatoms. The maximum Gasteiger partial charge on any atom is 0.119 e. The number of unbranched alkanes of at least 4 members (excludes halogenated alkanes) is 1. The molecule has 2 rings (SSSR count). The van der Waals surface area contributed by atoms with Gasteiger partial charge in [-0.2, -0.15) is 0 Å². The quantitative estimate of drug-likeness (QED) is 0.810. The predicted octanol–water partition coefficient (Wildman–Crippen LogP) is 3.30. The van der Waals surface area contributed by atoms with Gasteiger partial charge in [0.2, 0.25) is 0 Å². The highest BCUT2D eigenvalue weighted by atomic mass is 16.5. The summed E-state index contributed by atoms with van der Waals surface area (Å²) in [7, 11) is 1.93. The van der Waals surface area contributed by atoms with Crippen LogP contribution in [0.15, 0.2) is 24.3 Å². The van der Waals surface area contributed by atoms with Crippen LogP contribution in [0.2, 0.25) is 0 Å². The topological polar surface area (TPSA) is 41.5 Å². The van der Waals surface area contributed by atoms with Crippen molar-refractivity contribution in [2.75, 3.05) is 13.7 Å². The molecule has 2 atom stereocenters. The highest BCUT2D eigenvalue weighted by Gasteiger charge is 2.35. The van der Waals surface area contributed by atoms with Crippen molar-refractivity contribution in [3.63, 3.8) is 0 Å². The lowest BCUT2D eigenvalue weighted by Crippen LogP contribution is -2.52. The smallest absolute Gasteiger partial charge is 0.119 e. The lowest BCUT2D eigenvalue weighted by molar-refractivity contribution is 0.0554. The molecule has 1 aromatic carbocycles. The minimum absolute atomic E-state index is 0.163. The molecule has 0 radical (unpaired) electrons. The average molecular weight is 291 g/mol. The Morgan fingerprint density at radius 3 is 2.71 bits per heavy atom. The molecule has 118 valence electrons. The number of nitrogens with one attached hydrogen (secondary N) is 1. The summed E-state index contributed by atoms with van der Waals surface area (Å²) in [6.45, 7) is 2.40. The summed E-state index contributed by atoms with van der Waals surface area (Å²) >= 11 is 0. The van der Waals surface area contributed by atoms with E-state index in [0.717, 1.165) is 37.9 Å². The zero-order chi connectivity index (χ0) is 15.1. The maximum atomic E-state index is 9.63. The number of benzene rings is 1. The molecule has 1 aliphatic rings. The molecule has 0 aliphatic heterocycles. The number of ether oxygens (including phenoxy) is 1. The summed E-state index contributed by atoms with van der Waals surface area (Å²) in [5, 5.41) is 12.9. The van der Waals surface area contributed by atoms with Crippen molar-refractivity contribution in [2.45, 2.75) is 63.5 Å². The number of aliphatic hydroxyl groups is 1. The third-order valence-electron chi connectivity index (χ3n) is 4.68. The first-order valence-electron chi connectivity index (χ1n) is 8.27. The summed E-state index contributed by atoms with van der Waals surface area (Å²) in [4.78, 5) is 0. The van der Waals surface area contributed by atoms with Crippen LogP contribution in [0.3, 0.4) is 0 Å². The van der Waals surface area contributed by atoms with Gasteiger partial charge in [0.05, 0.1) is 6.61 Å². The Kier molecular flexibility index (Phi) is 6.07. The highest BCUT2D eigenvalue weighted by Crippen LogP contribution is 2.30. The second-order valence-electron chi connectivity index (χ2n) is 6.27. The number of aliphatic hydroxyl groups excluding tert-OH is 1. The third-order valence-corrected chi connectivity index (χ3v) is 4.68. The Hall–Kier alpha value is -1.06. The van der Waals surface area contributed by atoms with Crippen molar-refractivity contribution >= 4 is 0 Å². The predicted molar refractivity (Wildman–Crippen MR) is 86.8 cm³/mol. The van der Waals surface area contributed by atoms with Gasteiger partial charge in [-0.1, -0.05) is 25.5 Å². The lowest BCUT2D eigenvalue weighted by Gasteiger charge is -2.39. The van der Waals surface area contributed by atoms with Crippen molar-refractivity contribution < 1.29 is 9.84 Å². The largest absolute Gasteiger partial charge is 0.490 e. The summed E-state index contributed by atoms with van der Waals surface area (Å²) in [6, 6.07) is 8.51. The van der Waals surface area contributed by atoms with E-state index >= 15 is 0 Å². The standard InChI is InChI=1S/C18H29NO2/c1-3-4-6-15-8-10-16(11-9-15)21-17-7-5-12-18(13-17,14-20)19-2/h8-11,17,19-20H,3-7,12-14H2,1-2H3. The van der Waals surface area contributed by atoms with E-state index in [0.29, 0.717) is 0 Å². The van der Waals surface area contributed by atoms with Crippen molar-refractivity contribution in [3.8, 4) is 5.75 Å². The van der Waals surface area contributed by atoms with Crippen LogP contribution < -0.4 is 10.1 Å². The highest BCUT2D eigenvalue weighted by molar-refractivity contribution is 5.27. The van der Waals surface area contributed by atoms with Crippen LogP contribution in [-0.4, -0.2) is 30.4 Å². The minimum Gasteiger partial charge on any atom is -0.490 e. The molecule has 0 saturated heterocycles. The maximum absolute atomic E-state index is 9.63. The molecule has 0 bridgehead atoms. The normalized spacial score (nSPS) is 25.8. The van der Waals surface area contributed by atoms with Gasteiger partial charge in [-0.3, -0.25) is 0 Å². The molecule has 1 aliphatic carbocycles. The number of likely N-dealkylation sites (N-methyl/N-ethyl adjacent to an activating group) is 1. The van der Waals surface area contributed by atoms with Gasteiger partial charge in [-0.15, -0.1) is 0 Å². The van der Waals surface area contributed by atoms with E-state index in [1.54, 1.807) is 0 Å². The van der Waals surface area contributed by atoms with Gasteiger partial charge < -0.3 is 15.2 Å². The monoisotopic (exact) mass is 291 g/mol. The Balaban J connectivity index is 1.91. The second-order valence-corrected chi connectivity index (χ2v) is 6.27. The average Bonchev–Trinajstić information content (AvgIpc) is 2.54. The third kappa shape index (κ3) is 4.45. The van der Waals surface area contributed by atoms with E-state index < -0.39 is 0 Å². The zero-order valence-corrected chi connectivity index (χ0v) is 13.4. The molecular weight excluding hydrogens is 262 g/mol. The summed E-state index contributed by atoms with van der Waals surface area (Å²) < 4.78 is 6.12. The van der Waals surface area contributed by atoms with Crippen molar-refractivity contribution in [1.82, 2.24) is 5.32 Å². The van der Waals surface area contributed by atoms with Crippen LogP contribution in [0.25, 0.3) is 0 Å². The summed E-state index contributed by atoms with van der Waals surface area (Å²) in [6.07, 6.45) is 7.88. The molecule has 1 aromatic rings. The number of hydrogen-bond donors (Lipinski definition) is 2. The number of aryl methyl sites for hydroxylation is 1. The van der Waals surface area contributed by atoms with Gasteiger partial charge in [-0.05, 0) is 56.8 Å². The first-order chi connectivity index (χ1) is 10.2. The SMILES string of the molecule is CCCCc1ccc(OC2CCCC(CO)(NC)C2)cc1. The van der Waals surface area contributed by atoms with E-state index in [2.05, 4.69) is 36.5 Å². The van der Waals surface area contributed by atoms with Gasteiger partial charge >= 0.3 is 0 Å². The molecule has 0 spiro atoms. The first-order valence-corrected chi connectivity index (χ1v) is 8.27. The van der Waals surface area contributed by atoms with Crippen LogP contribution in [-0.2, 0) is 6.42 Å². The van der Waals surface area contributed by atoms with E-state index in [4.69, 9.17) is 4.74 Å². The van der Waals surface area contributed by atoms with Gasteiger partial charge in [0.1, 0.15) is 11.9 Å². The molecule has 0 heterocycles. The Bertz CT molecular complexity index is 412. The fourth-order valence-electron chi connectivity index (χ4n) is 3.17. The summed E-state index contributed by atoms with van der Waals surface area (Å²) in [5.74, 6) is 0.949. The van der Waals surface area contributed by atoms with E-state index in [9.17, 15) is 5.11 Å². The Morgan fingerprint density at radius 2 is 2.10 bits per heavy atom.